The van der Waals surface area contributed by atoms with Crippen LogP contribution in [0, 0.1) is 5.92 Å². The first-order valence-electron chi connectivity index (χ1n) is 8.00. The second-order valence-corrected chi connectivity index (χ2v) is 7.56. The first-order chi connectivity index (χ1) is 11.1. The maximum absolute atomic E-state index is 12.6. The van der Waals surface area contributed by atoms with Gasteiger partial charge in [-0.3, -0.25) is 9.59 Å². The zero-order chi connectivity index (χ0) is 16.0. The number of fused-ring (bicyclic) bond motifs is 1. The third-order valence-electron chi connectivity index (χ3n) is 4.58. The molecule has 5 nitrogen and oxygen atoms in total. The molecule has 1 saturated heterocycles. The number of rotatable bonds is 4. The number of carbonyl (C=O) groups is 2. The molecule has 1 aliphatic heterocycles. The third-order valence-corrected chi connectivity index (χ3v) is 5.60. The van der Waals surface area contributed by atoms with Gasteiger partial charge in [0.05, 0.1) is 22.7 Å². The van der Waals surface area contributed by atoms with Crippen LogP contribution in [0.4, 0.5) is 0 Å². The minimum absolute atomic E-state index is 0.0563. The molecule has 1 atom stereocenters. The molecule has 120 valence electrons. The number of carbonyl (C=O) groups excluding carboxylic acids is 2. The second-order valence-electron chi connectivity index (χ2n) is 6.45. The zero-order valence-corrected chi connectivity index (χ0v) is 13.9. The fourth-order valence-corrected chi connectivity index (χ4v) is 4.24. The summed E-state index contributed by atoms with van der Waals surface area (Å²) in [5.41, 5.74) is 0.976. The highest BCUT2D eigenvalue weighted by Gasteiger charge is 2.42. The van der Waals surface area contributed by atoms with Crippen LogP contribution in [0.3, 0.4) is 0 Å². The Hall–Kier alpha value is -1.95. The van der Waals surface area contributed by atoms with Gasteiger partial charge >= 0.3 is 0 Å². The van der Waals surface area contributed by atoms with Gasteiger partial charge in [-0.1, -0.05) is 12.1 Å². The van der Waals surface area contributed by atoms with Crippen LogP contribution in [0.2, 0.25) is 0 Å². The Morgan fingerprint density at radius 3 is 2.91 bits per heavy atom. The highest BCUT2D eigenvalue weighted by molar-refractivity contribution is 7.18. The number of hydrogen-bond acceptors (Lipinski definition) is 4. The zero-order valence-electron chi connectivity index (χ0n) is 13.1. The van der Waals surface area contributed by atoms with Crippen LogP contribution in [0.5, 0.6) is 0 Å². The summed E-state index contributed by atoms with van der Waals surface area (Å²) in [6, 6.07) is 8.39. The Morgan fingerprint density at radius 2 is 2.17 bits per heavy atom. The van der Waals surface area contributed by atoms with Gasteiger partial charge in [0, 0.05) is 26.1 Å². The van der Waals surface area contributed by atoms with Crippen molar-refractivity contribution in [3.63, 3.8) is 0 Å². The number of para-hydroxylation sites is 1. The van der Waals surface area contributed by atoms with Crippen LogP contribution in [-0.2, 0) is 16.1 Å². The molecule has 2 heterocycles. The molecule has 0 bridgehead atoms. The van der Waals surface area contributed by atoms with E-state index in [0.717, 1.165) is 28.1 Å². The second kappa shape index (κ2) is 5.60. The number of thiazole rings is 1. The van der Waals surface area contributed by atoms with E-state index in [1.54, 1.807) is 23.3 Å². The van der Waals surface area contributed by atoms with Crippen molar-refractivity contribution in [1.82, 2.24) is 14.8 Å². The van der Waals surface area contributed by atoms with Gasteiger partial charge in [0.1, 0.15) is 5.01 Å². The number of hydrogen-bond donors (Lipinski definition) is 0. The fraction of sp³-hybridized carbons (Fsp3) is 0.471. The van der Waals surface area contributed by atoms with Crippen LogP contribution in [0.15, 0.2) is 24.3 Å². The van der Waals surface area contributed by atoms with Gasteiger partial charge in [0.2, 0.25) is 11.8 Å². The van der Waals surface area contributed by atoms with Gasteiger partial charge in [-0.25, -0.2) is 4.98 Å². The van der Waals surface area contributed by atoms with Crippen molar-refractivity contribution in [2.45, 2.75) is 31.8 Å². The number of nitrogens with zero attached hydrogens (tertiary/aromatic N) is 3. The minimum Gasteiger partial charge on any atom is -0.339 e. The van der Waals surface area contributed by atoms with Gasteiger partial charge in [0.15, 0.2) is 0 Å². The van der Waals surface area contributed by atoms with E-state index in [1.807, 2.05) is 29.2 Å². The summed E-state index contributed by atoms with van der Waals surface area (Å²) < 4.78 is 1.14. The maximum atomic E-state index is 12.6. The number of likely N-dealkylation sites (tertiary alicyclic amines) is 1. The molecule has 6 heteroatoms. The van der Waals surface area contributed by atoms with Crippen LogP contribution < -0.4 is 0 Å². The van der Waals surface area contributed by atoms with Crippen molar-refractivity contribution in [2.75, 3.05) is 13.6 Å². The Labute approximate surface area is 138 Å². The highest BCUT2D eigenvalue weighted by Crippen LogP contribution is 2.33. The summed E-state index contributed by atoms with van der Waals surface area (Å²) in [5.74, 6) is 0.00229. The molecule has 0 spiro atoms. The summed E-state index contributed by atoms with van der Waals surface area (Å²) in [6.07, 6.45) is 2.54. The molecule has 0 radical (unpaired) electrons. The lowest BCUT2D eigenvalue weighted by molar-refractivity contribution is -0.135. The highest BCUT2D eigenvalue weighted by atomic mass is 32.1. The number of aromatic nitrogens is 1. The summed E-state index contributed by atoms with van der Waals surface area (Å²) in [6.45, 7) is 1.10. The predicted octanol–water partition coefficient (Wildman–Crippen LogP) is 2.27. The molecular formula is C17H19N3O2S. The van der Waals surface area contributed by atoms with Crippen molar-refractivity contribution in [2.24, 2.45) is 5.92 Å². The average Bonchev–Trinajstić information content (AvgIpc) is 3.18. The Bertz CT molecular complexity index is 735. The lowest BCUT2D eigenvalue weighted by atomic mass is 10.1. The Balaban J connectivity index is 1.43. The SMILES string of the molecule is CN(Cc1nc2ccccc2s1)C(=O)[C@H]1CC(=O)N(C2CC2)C1. The predicted molar refractivity (Wildman–Crippen MR) is 88.9 cm³/mol. The van der Waals surface area contributed by atoms with E-state index < -0.39 is 0 Å². The molecule has 0 N–H and O–H groups in total. The van der Waals surface area contributed by atoms with Gasteiger partial charge in [0.25, 0.3) is 0 Å². The van der Waals surface area contributed by atoms with Crippen LogP contribution in [-0.4, -0.2) is 46.2 Å². The number of benzene rings is 1. The monoisotopic (exact) mass is 329 g/mol. The molecule has 2 amide bonds. The van der Waals surface area contributed by atoms with Crippen molar-refractivity contribution in [1.29, 1.82) is 0 Å². The number of amides is 2. The van der Waals surface area contributed by atoms with Crippen molar-refractivity contribution in [3.8, 4) is 0 Å². The molecule has 23 heavy (non-hydrogen) atoms. The molecule has 1 aliphatic carbocycles. The Morgan fingerprint density at radius 1 is 1.39 bits per heavy atom. The smallest absolute Gasteiger partial charge is 0.228 e. The van der Waals surface area contributed by atoms with Gasteiger partial charge in [-0.2, -0.15) is 0 Å². The maximum Gasteiger partial charge on any atom is 0.228 e. The summed E-state index contributed by atoms with van der Waals surface area (Å²) in [5, 5.41) is 0.936. The summed E-state index contributed by atoms with van der Waals surface area (Å²) in [4.78, 5) is 32.8. The van der Waals surface area contributed by atoms with E-state index in [4.69, 9.17) is 0 Å². The van der Waals surface area contributed by atoms with Crippen molar-refractivity contribution >= 4 is 33.4 Å². The lowest BCUT2D eigenvalue weighted by Gasteiger charge is -2.20. The largest absolute Gasteiger partial charge is 0.339 e. The summed E-state index contributed by atoms with van der Waals surface area (Å²) in [7, 11) is 1.80. The molecule has 4 rings (SSSR count). The molecule has 1 aromatic heterocycles. The first-order valence-corrected chi connectivity index (χ1v) is 8.82. The lowest BCUT2D eigenvalue weighted by Crippen LogP contribution is -2.34. The van der Waals surface area contributed by atoms with Crippen molar-refractivity contribution in [3.05, 3.63) is 29.3 Å². The van der Waals surface area contributed by atoms with Gasteiger partial charge in [-0.15, -0.1) is 11.3 Å². The topological polar surface area (TPSA) is 53.5 Å². The quantitative estimate of drug-likeness (QED) is 0.864. The minimum atomic E-state index is -0.192. The summed E-state index contributed by atoms with van der Waals surface area (Å²) >= 11 is 1.62. The normalized spacial score (nSPS) is 21.2. The molecule has 1 saturated carbocycles. The standard InChI is InChI=1S/C17H19N3O2S/c1-19(10-15-18-13-4-2-3-5-14(13)23-15)17(22)11-8-16(21)20(9-11)12-6-7-12/h2-5,11-12H,6-10H2,1H3/t11-/m0/s1. The van der Waals surface area contributed by atoms with Crippen LogP contribution >= 0.6 is 11.3 Å². The van der Waals surface area contributed by atoms with Gasteiger partial charge < -0.3 is 9.80 Å². The third kappa shape index (κ3) is 2.83. The van der Waals surface area contributed by atoms with Crippen LogP contribution in [0.25, 0.3) is 10.2 Å². The molecule has 2 aromatic rings. The van der Waals surface area contributed by atoms with E-state index in [9.17, 15) is 9.59 Å². The molecule has 1 aromatic carbocycles. The first kappa shape index (κ1) is 14.6. The van der Waals surface area contributed by atoms with E-state index in [-0.39, 0.29) is 17.7 Å². The average molecular weight is 329 g/mol. The van der Waals surface area contributed by atoms with Crippen LogP contribution in [0.1, 0.15) is 24.3 Å². The van der Waals surface area contributed by atoms with E-state index in [2.05, 4.69) is 4.98 Å². The molecule has 2 fully saturated rings. The van der Waals surface area contributed by atoms with Crippen molar-refractivity contribution < 1.29 is 9.59 Å². The molecule has 2 aliphatic rings. The van der Waals surface area contributed by atoms with Gasteiger partial charge in [-0.05, 0) is 25.0 Å². The van der Waals surface area contributed by atoms with E-state index >= 15 is 0 Å². The fourth-order valence-electron chi connectivity index (χ4n) is 3.22. The Kier molecular flexibility index (Phi) is 3.56. The molecular weight excluding hydrogens is 310 g/mol. The van der Waals surface area contributed by atoms with E-state index in [0.29, 0.717) is 25.6 Å². The van der Waals surface area contributed by atoms with E-state index in [1.165, 1.54) is 0 Å². The molecule has 0 unspecified atom stereocenters.